The van der Waals surface area contributed by atoms with Crippen LogP contribution in [0.3, 0.4) is 0 Å². The van der Waals surface area contributed by atoms with Crippen LogP contribution in [0.25, 0.3) is 5.69 Å². The number of nitrogens with zero attached hydrogens (tertiary/aromatic N) is 2. The molecule has 0 fully saturated rings. The minimum absolute atomic E-state index is 0.114. The van der Waals surface area contributed by atoms with E-state index in [2.05, 4.69) is 15.6 Å². The Kier molecular flexibility index (Phi) is 4.94. The van der Waals surface area contributed by atoms with Gasteiger partial charge < -0.3 is 19.6 Å². The molecule has 1 unspecified atom stereocenters. The molecule has 0 aliphatic rings. The number of nitrogens with one attached hydrogen (secondary N) is 2. The zero-order valence-corrected chi connectivity index (χ0v) is 13.7. The molecule has 3 rings (SSSR count). The van der Waals surface area contributed by atoms with Gasteiger partial charge in [-0.3, -0.25) is 9.59 Å². The first-order valence-electron chi connectivity index (χ1n) is 7.83. The number of furan rings is 1. The summed E-state index contributed by atoms with van der Waals surface area (Å²) in [5, 5.41) is 5.36. The van der Waals surface area contributed by atoms with Crippen LogP contribution in [0.5, 0.6) is 0 Å². The van der Waals surface area contributed by atoms with Gasteiger partial charge in [-0.1, -0.05) is 12.1 Å². The number of aromatic nitrogens is 2. The molecular formula is C18H18N4O3. The highest BCUT2D eigenvalue weighted by molar-refractivity contribution is 5.94. The summed E-state index contributed by atoms with van der Waals surface area (Å²) < 4.78 is 6.87. The van der Waals surface area contributed by atoms with Crippen LogP contribution in [0, 0.1) is 0 Å². The van der Waals surface area contributed by atoms with E-state index in [0.717, 1.165) is 11.3 Å². The van der Waals surface area contributed by atoms with E-state index < -0.39 is 5.91 Å². The normalized spacial score (nSPS) is 11.7. The largest absolute Gasteiger partial charge is 0.459 e. The van der Waals surface area contributed by atoms with Crippen molar-refractivity contribution >= 4 is 11.8 Å². The number of hydrogen-bond acceptors (Lipinski definition) is 4. The highest BCUT2D eigenvalue weighted by atomic mass is 16.3. The summed E-state index contributed by atoms with van der Waals surface area (Å²) in [5.41, 5.74) is 1.96. The van der Waals surface area contributed by atoms with Gasteiger partial charge in [-0.15, -0.1) is 0 Å². The topological polar surface area (TPSA) is 89.2 Å². The Bertz CT molecular complexity index is 824. The number of benzene rings is 1. The molecule has 3 aromatic rings. The van der Waals surface area contributed by atoms with E-state index in [9.17, 15) is 9.59 Å². The molecule has 0 saturated carbocycles. The van der Waals surface area contributed by atoms with Crippen molar-refractivity contribution in [3.05, 3.63) is 72.7 Å². The maximum atomic E-state index is 12.0. The summed E-state index contributed by atoms with van der Waals surface area (Å²) in [5.74, 6) is -0.514. The van der Waals surface area contributed by atoms with Gasteiger partial charge >= 0.3 is 0 Å². The van der Waals surface area contributed by atoms with Gasteiger partial charge in [-0.25, -0.2) is 4.98 Å². The standard InChI is InChI=1S/C18H18N4O3/c1-13(14-4-6-15(7-5-14)22-9-8-19-12-22)21-17(23)11-20-18(24)16-3-2-10-25-16/h2-10,12-13H,11H2,1H3,(H,20,24)(H,21,23). The minimum atomic E-state index is -0.419. The van der Waals surface area contributed by atoms with E-state index in [1.807, 2.05) is 42.0 Å². The van der Waals surface area contributed by atoms with Gasteiger partial charge in [0, 0.05) is 18.1 Å². The minimum Gasteiger partial charge on any atom is -0.459 e. The smallest absolute Gasteiger partial charge is 0.287 e. The fourth-order valence-corrected chi connectivity index (χ4v) is 2.38. The number of imidazole rings is 1. The van der Waals surface area contributed by atoms with Gasteiger partial charge in [-0.05, 0) is 36.8 Å². The predicted octanol–water partition coefficient (Wildman–Crippen LogP) is 2.07. The second kappa shape index (κ2) is 7.48. The molecular weight excluding hydrogens is 320 g/mol. The van der Waals surface area contributed by atoms with E-state index >= 15 is 0 Å². The van der Waals surface area contributed by atoms with Crippen LogP contribution in [-0.4, -0.2) is 27.9 Å². The second-order valence-electron chi connectivity index (χ2n) is 5.51. The Morgan fingerprint density at radius 2 is 2.04 bits per heavy atom. The van der Waals surface area contributed by atoms with Crippen molar-refractivity contribution in [2.24, 2.45) is 0 Å². The first kappa shape index (κ1) is 16.5. The Balaban J connectivity index is 1.52. The van der Waals surface area contributed by atoms with Crippen molar-refractivity contribution in [2.75, 3.05) is 6.54 Å². The van der Waals surface area contributed by atoms with Crippen molar-refractivity contribution in [3.8, 4) is 5.69 Å². The Labute approximate surface area is 144 Å². The zero-order valence-electron chi connectivity index (χ0n) is 13.7. The summed E-state index contributed by atoms with van der Waals surface area (Å²) in [7, 11) is 0. The quantitative estimate of drug-likeness (QED) is 0.720. The molecule has 7 nitrogen and oxygen atoms in total. The van der Waals surface area contributed by atoms with Crippen molar-refractivity contribution in [1.82, 2.24) is 20.2 Å². The Morgan fingerprint density at radius 1 is 1.24 bits per heavy atom. The monoisotopic (exact) mass is 338 g/mol. The average molecular weight is 338 g/mol. The zero-order chi connectivity index (χ0) is 17.6. The van der Waals surface area contributed by atoms with Crippen LogP contribution in [0.4, 0.5) is 0 Å². The summed E-state index contributed by atoms with van der Waals surface area (Å²) in [6.45, 7) is 1.77. The van der Waals surface area contributed by atoms with Gasteiger partial charge in [0.1, 0.15) is 0 Å². The lowest BCUT2D eigenvalue weighted by Crippen LogP contribution is -2.37. The van der Waals surface area contributed by atoms with Gasteiger partial charge in [0.25, 0.3) is 5.91 Å². The van der Waals surface area contributed by atoms with Crippen molar-refractivity contribution in [1.29, 1.82) is 0 Å². The molecule has 0 spiro atoms. The second-order valence-corrected chi connectivity index (χ2v) is 5.51. The van der Waals surface area contributed by atoms with Crippen molar-refractivity contribution in [2.45, 2.75) is 13.0 Å². The number of amides is 2. The van der Waals surface area contributed by atoms with Crippen LogP contribution < -0.4 is 10.6 Å². The Hall–Kier alpha value is -3.35. The summed E-state index contributed by atoms with van der Waals surface area (Å²) >= 11 is 0. The molecule has 2 aromatic heterocycles. The van der Waals surface area contributed by atoms with E-state index in [1.54, 1.807) is 18.6 Å². The molecule has 0 bridgehead atoms. The SMILES string of the molecule is CC(NC(=O)CNC(=O)c1ccco1)c1ccc(-n2ccnc2)cc1. The average Bonchev–Trinajstić information content (AvgIpc) is 3.33. The van der Waals surface area contributed by atoms with E-state index in [4.69, 9.17) is 4.42 Å². The molecule has 2 N–H and O–H groups in total. The number of hydrogen-bond donors (Lipinski definition) is 2. The third-order valence-electron chi connectivity index (χ3n) is 3.73. The molecule has 0 aliphatic carbocycles. The molecule has 1 atom stereocenters. The van der Waals surface area contributed by atoms with Gasteiger partial charge in [0.15, 0.2) is 5.76 Å². The number of carbonyl (C=O) groups is 2. The van der Waals surface area contributed by atoms with Crippen molar-refractivity contribution < 1.29 is 14.0 Å². The van der Waals surface area contributed by atoms with E-state index in [0.29, 0.717) is 0 Å². The van der Waals surface area contributed by atoms with Crippen LogP contribution in [0.1, 0.15) is 29.1 Å². The molecule has 128 valence electrons. The molecule has 2 heterocycles. The third-order valence-corrected chi connectivity index (χ3v) is 3.73. The molecule has 7 heteroatoms. The highest BCUT2D eigenvalue weighted by Crippen LogP contribution is 2.15. The van der Waals surface area contributed by atoms with Gasteiger partial charge in [0.05, 0.1) is 25.2 Å². The third kappa shape index (κ3) is 4.14. The maximum Gasteiger partial charge on any atom is 0.287 e. The fourth-order valence-electron chi connectivity index (χ4n) is 2.38. The lowest BCUT2D eigenvalue weighted by molar-refractivity contribution is -0.120. The van der Waals surface area contributed by atoms with Crippen LogP contribution in [-0.2, 0) is 4.79 Å². The van der Waals surface area contributed by atoms with Crippen LogP contribution in [0.2, 0.25) is 0 Å². The molecule has 0 aliphatic heterocycles. The maximum absolute atomic E-state index is 12.0. The first-order valence-corrected chi connectivity index (χ1v) is 7.83. The van der Waals surface area contributed by atoms with Gasteiger partial charge in [0.2, 0.25) is 5.91 Å². The lowest BCUT2D eigenvalue weighted by Gasteiger charge is -2.15. The van der Waals surface area contributed by atoms with Crippen LogP contribution >= 0.6 is 0 Å². The van der Waals surface area contributed by atoms with Crippen LogP contribution in [0.15, 0.2) is 65.8 Å². The summed E-state index contributed by atoms with van der Waals surface area (Å²) in [6, 6.07) is 10.8. The highest BCUT2D eigenvalue weighted by Gasteiger charge is 2.13. The number of rotatable bonds is 6. The molecule has 1 aromatic carbocycles. The van der Waals surface area contributed by atoms with Crippen molar-refractivity contribution in [3.63, 3.8) is 0 Å². The van der Waals surface area contributed by atoms with Gasteiger partial charge in [-0.2, -0.15) is 0 Å². The summed E-state index contributed by atoms with van der Waals surface area (Å²) in [6.07, 6.45) is 6.71. The summed E-state index contributed by atoms with van der Waals surface area (Å²) in [4.78, 5) is 27.7. The lowest BCUT2D eigenvalue weighted by atomic mass is 10.1. The first-order chi connectivity index (χ1) is 12.1. The Morgan fingerprint density at radius 3 is 2.68 bits per heavy atom. The number of carbonyl (C=O) groups excluding carboxylic acids is 2. The molecule has 0 radical (unpaired) electrons. The molecule has 0 saturated heterocycles. The van der Waals surface area contributed by atoms with E-state index in [1.165, 1.54) is 12.3 Å². The fraction of sp³-hybridized carbons (Fsp3) is 0.167. The molecule has 25 heavy (non-hydrogen) atoms. The van der Waals surface area contributed by atoms with E-state index in [-0.39, 0.29) is 24.3 Å². The molecule has 2 amide bonds. The predicted molar refractivity (Wildman–Crippen MR) is 91.2 cm³/mol.